The lowest BCUT2D eigenvalue weighted by molar-refractivity contribution is -0.142. The SMILES string of the molecule is Cn1cc(C(=O)O[C@@H](C(=O)N2CCCCC2)c2ccccc2)cn1. The van der Waals surface area contributed by atoms with Gasteiger partial charge in [-0.1, -0.05) is 30.3 Å². The molecule has 0 aliphatic carbocycles. The van der Waals surface area contributed by atoms with Gasteiger partial charge in [-0.05, 0) is 19.3 Å². The number of amides is 1. The number of carbonyl (C=O) groups excluding carboxylic acids is 2. The first-order chi connectivity index (χ1) is 11.6. The maximum absolute atomic E-state index is 12.9. The molecular formula is C18H21N3O3. The number of ether oxygens (including phenoxy) is 1. The van der Waals surface area contributed by atoms with E-state index in [0.29, 0.717) is 24.2 Å². The van der Waals surface area contributed by atoms with Crippen LogP contribution in [0.25, 0.3) is 0 Å². The van der Waals surface area contributed by atoms with Crippen molar-refractivity contribution < 1.29 is 14.3 Å². The molecule has 0 bridgehead atoms. The molecule has 3 rings (SSSR count). The number of piperidine rings is 1. The highest BCUT2D eigenvalue weighted by molar-refractivity contribution is 5.92. The molecule has 24 heavy (non-hydrogen) atoms. The number of benzene rings is 1. The van der Waals surface area contributed by atoms with Crippen LogP contribution in [0.15, 0.2) is 42.7 Å². The van der Waals surface area contributed by atoms with E-state index in [1.54, 1.807) is 18.1 Å². The van der Waals surface area contributed by atoms with Crippen molar-refractivity contribution in [3.05, 3.63) is 53.9 Å². The second-order valence-electron chi connectivity index (χ2n) is 5.98. The normalized spacial score (nSPS) is 15.8. The van der Waals surface area contributed by atoms with Crippen LogP contribution in [0, 0.1) is 0 Å². The number of carbonyl (C=O) groups is 2. The Morgan fingerprint density at radius 1 is 1.12 bits per heavy atom. The van der Waals surface area contributed by atoms with Gasteiger partial charge in [0, 0.05) is 31.9 Å². The van der Waals surface area contributed by atoms with Crippen LogP contribution in [-0.4, -0.2) is 39.6 Å². The summed E-state index contributed by atoms with van der Waals surface area (Å²) < 4.78 is 7.10. The number of nitrogens with zero attached hydrogens (tertiary/aromatic N) is 3. The van der Waals surface area contributed by atoms with Crippen molar-refractivity contribution >= 4 is 11.9 Å². The van der Waals surface area contributed by atoms with Crippen molar-refractivity contribution in [2.24, 2.45) is 7.05 Å². The fourth-order valence-corrected chi connectivity index (χ4v) is 2.87. The molecule has 1 amide bonds. The van der Waals surface area contributed by atoms with Crippen LogP contribution < -0.4 is 0 Å². The van der Waals surface area contributed by atoms with E-state index in [-0.39, 0.29) is 5.91 Å². The minimum absolute atomic E-state index is 0.154. The summed E-state index contributed by atoms with van der Waals surface area (Å²) in [5, 5.41) is 3.97. The fraction of sp³-hybridized carbons (Fsp3) is 0.389. The molecule has 2 heterocycles. The van der Waals surface area contributed by atoms with Crippen molar-refractivity contribution in [1.29, 1.82) is 0 Å². The van der Waals surface area contributed by atoms with Crippen LogP contribution in [-0.2, 0) is 16.6 Å². The molecular weight excluding hydrogens is 306 g/mol. The monoisotopic (exact) mass is 327 g/mol. The summed E-state index contributed by atoms with van der Waals surface area (Å²) in [6.07, 6.45) is 5.21. The summed E-state index contributed by atoms with van der Waals surface area (Å²) in [5.41, 5.74) is 1.02. The zero-order valence-corrected chi connectivity index (χ0v) is 13.7. The van der Waals surface area contributed by atoms with E-state index in [4.69, 9.17) is 4.74 Å². The highest BCUT2D eigenvalue weighted by Crippen LogP contribution is 2.23. The van der Waals surface area contributed by atoms with Gasteiger partial charge < -0.3 is 9.64 Å². The second kappa shape index (κ2) is 7.29. The molecule has 1 aromatic heterocycles. The lowest BCUT2D eigenvalue weighted by atomic mass is 10.1. The molecule has 0 radical (unpaired) electrons. The number of aryl methyl sites for hydroxylation is 1. The Hall–Kier alpha value is -2.63. The molecule has 1 aliphatic rings. The van der Waals surface area contributed by atoms with E-state index in [0.717, 1.165) is 19.3 Å². The number of aromatic nitrogens is 2. The molecule has 1 aliphatic heterocycles. The third-order valence-corrected chi connectivity index (χ3v) is 4.16. The van der Waals surface area contributed by atoms with E-state index in [9.17, 15) is 9.59 Å². The number of hydrogen-bond acceptors (Lipinski definition) is 4. The quantitative estimate of drug-likeness (QED) is 0.809. The predicted molar refractivity (Wildman–Crippen MR) is 88.2 cm³/mol. The lowest BCUT2D eigenvalue weighted by Crippen LogP contribution is -2.40. The Balaban J connectivity index is 1.82. The minimum Gasteiger partial charge on any atom is -0.444 e. The van der Waals surface area contributed by atoms with Crippen LogP contribution >= 0.6 is 0 Å². The largest absolute Gasteiger partial charge is 0.444 e. The lowest BCUT2D eigenvalue weighted by Gasteiger charge is -2.30. The molecule has 1 aromatic carbocycles. The first-order valence-electron chi connectivity index (χ1n) is 8.18. The van der Waals surface area contributed by atoms with Gasteiger partial charge in [-0.2, -0.15) is 5.10 Å². The van der Waals surface area contributed by atoms with Gasteiger partial charge in [-0.3, -0.25) is 9.48 Å². The minimum atomic E-state index is -0.919. The van der Waals surface area contributed by atoms with E-state index < -0.39 is 12.1 Å². The molecule has 1 fully saturated rings. The highest BCUT2D eigenvalue weighted by atomic mass is 16.5. The molecule has 1 saturated heterocycles. The summed E-state index contributed by atoms with van der Waals surface area (Å²) in [7, 11) is 1.73. The maximum Gasteiger partial charge on any atom is 0.342 e. The van der Waals surface area contributed by atoms with Crippen molar-refractivity contribution in [3.63, 3.8) is 0 Å². The summed E-state index contributed by atoms with van der Waals surface area (Å²) in [5.74, 6) is -0.694. The van der Waals surface area contributed by atoms with Crippen molar-refractivity contribution in [2.45, 2.75) is 25.4 Å². The van der Waals surface area contributed by atoms with Gasteiger partial charge in [-0.25, -0.2) is 4.79 Å². The van der Waals surface area contributed by atoms with Gasteiger partial charge >= 0.3 is 5.97 Å². The zero-order chi connectivity index (χ0) is 16.9. The number of hydrogen-bond donors (Lipinski definition) is 0. The first kappa shape index (κ1) is 16.2. The molecule has 2 aromatic rings. The Morgan fingerprint density at radius 2 is 1.83 bits per heavy atom. The standard InChI is InChI=1S/C18H21N3O3/c1-20-13-15(12-19-20)18(23)24-16(14-8-4-2-5-9-14)17(22)21-10-6-3-7-11-21/h2,4-5,8-9,12-13,16H,3,6-7,10-11H2,1H3/t16-/m1/s1. The van der Waals surface area contributed by atoms with Gasteiger partial charge in [0.2, 0.25) is 6.10 Å². The van der Waals surface area contributed by atoms with E-state index >= 15 is 0 Å². The number of likely N-dealkylation sites (tertiary alicyclic amines) is 1. The van der Waals surface area contributed by atoms with Crippen molar-refractivity contribution in [3.8, 4) is 0 Å². The molecule has 126 valence electrons. The molecule has 1 atom stereocenters. The molecule has 0 spiro atoms. The van der Waals surface area contributed by atoms with Crippen LogP contribution in [0.5, 0.6) is 0 Å². The molecule has 0 saturated carbocycles. The van der Waals surface area contributed by atoms with Gasteiger partial charge in [0.05, 0.1) is 11.8 Å². The smallest absolute Gasteiger partial charge is 0.342 e. The van der Waals surface area contributed by atoms with Gasteiger partial charge in [-0.15, -0.1) is 0 Å². The molecule has 0 unspecified atom stereocenters. The van der Waals surface area contributed by atoms with E-state index in [1.807, 2.05) is 30.3 Å². The summed E-state index contributed by atoms with van der Waals surface area (Å²) in [6, 6.07) is 9.16. The Bertz CT molecular complexity index is 705. The molecule has 0 N–H and O–H groups in total. The van der Waals surface area contributed by atoms with E-state index in [2.05, 4.69) is 5.10 Å². The maximum atomic E-state index is 12.9. The van der Waals surface area contributed by atoms with Crippen molar-refractivity contribution in [2.75, 3.05) is 13.1 Å². The van der Waals surface area contributed by atoms with Crippen LogP contribution in [0.3, 0.4) is 0 Å². The molecule has 6 nitrogen and oxygen atoms in total. The van der Waals surface area contributed by atoms with Crippen molar-refractivity contribution in [1.82, 2.24) is 14.7 Å². The summed E-state index contributed by atoms with van der Waals surface area (Å²) in [4.78, 5) is 27.1. The average Bonchev–Trinajstić information content (AvgIpc) is 3.07. The second-order valence-corrected chi connectivity index (χ2v) is 5.98. The first-order valence-corrected chi connectivity index (χ1v) is 8.18. The molecule has 6 heteroatoms. The fourth-order valence-electron chi connectivity index (χ4n) is 2.87. The van der Waals surface area contributed by atoms with E-state index in [1.165, 1.54) is 10.9 Å². The van der Waals surface area contributed by atoms with Crippen LogP contribution in [0.4, 0.5) is 0 Å². The van der Waals surface area contributed by atoms with Crippen LogP contribution in [0.2, 0.25) is 0 Å². The Labute approximate surface area is 141 Å². The van der Waals surface area contributed by atoms with Gasteiger partial charge in [0.1, 0.15) is 0 Å². The third kappa shape index (κ3) is 3.64. The number of rotatable bonds is 4. The average molecular weight is 327 g/mol. The topological polar surface area (TPSA) is 64.4 Å². The Kier molecular flexibility index (Phi) is 4.93. The predicted octanol–water partition coefficient (Wildman–Crippen LogP) is 2.33. The Morgan fingerprint density at radius 3 is 2.46 bits per heavy atom. The summed E-state index contributed by atoms with van der Waals surface area (Å²) >= 11 is 0. The third-order valence-electron chi connectivity index (χ3n) is 4.16. The van der Waals surface area contributed by atoms with Crippen LogP contribution in [0.1, 0.15) is 41.3 Å². The van der Waals surface area contributed by atoms with Gasteiger partial charge in [0.25, 0.3) is 5.91 Å². The number of esters is 1. The highest BCUT2D eigenvalue weighted by Gasteiger charge is 2.30. The zero-order valence-electron chi connectivity index (χ0n) is 13.7. The van der Waals surface area contributed by atoms with Gasteiger partial charge in [0.15, 0.2) is 0 Å². The summed E-state index contributed by atoms with van der Waals surface area (Å²) in [6.45, 7) is 1.43.